The molecular formula is C70H65BN4. The first kappa shape index (κ1) is 48.7. The molecule has 5 heteroatoms. The standard InChI is InChI=1S/C70H65BN4/c1-7-52(6)65-45-53(50(2)3)44-64(51(4)5)70(65)71-66-40-26-27-41-68(66)75(59-38-24-13-25-39-59)69-49-60(42-43-67(69)71)74(58-36-22-12-23-37-58)63-47-61(72(54-28-14-8-15-29-54)55-30-16-9-17-31-55)46-62(48-63)73(56-32-18-10-19-33-56)57-34-20-11-21-35-57/h8-52H,7H2,1-6H3. The molecule has 0 amide bonds. The van der Waals surface area contributed by atoms with E-state index in [1.807, 2.05) is 0 Å². The molecule has 4 nitrogen and oxygen atoms in total. The van der Waals surface area contributed by atoms with Gasteiger partial charge in [-0.3, -0.25) is 0 Å². The van der Waals surface area contributed by atoms with Crippen LogP contribution in [0.1, 0.15) is 82.4 Å². The van der Waals surface area contributed by atoms with Gasteiger partial charge in [-0.05, 0) is 161 Å². The van der Waals surface area contributed by atoms with E-state index >= 15 is 0 Å². The summed E-state index contributed by atoms with van der Waals surface area (Å²) in [6.07, 6.45) is 1.06. The molecule has 11 rings (SSSR count). The van der Waals surface area contributed by atoms with E-state index in [2.05, 4.69) is 316 Å². The van der Waals surface area contributed by atoms with Crippen molar-refractivity contribution in [3.05, 3.63) is 271 Å². The van der Waals surface area contributed by atoms with Crippen molar-refractivity contribution in [1.82, 2.24) is 0 Å². The van der Waals surface area contributed by atoms with Crippen LogP contribution in [0.25, 0.3) is 0 Å². The summed E-state index contributed by atoms with van der Waals surface area (Å²) in [6.45, 7) is 14.2. The van der Waals surface area contributed by atoms with Crippen LogP contribution in [-0.2, 0) is 0 Å². The Kier molecular flexibility index (Phi) is 14.0. The Morgan fingerprint density at radius 1 is 0.347 bits per heavy atom. The second-order valence-corrected chi connectivity index (χ2v) is 20.5. The average molecular weight is 973 g/mol. The lowest BCUT2D eigenvalue weighted by Gasteiger charge is -2.40. The normalized spacial score (nSPS) is 12.3. The van der Waals surface area contributed by atoms with Crippen molar-refractivity contribution >= 4 is 91.3 Å². The molecule has 0 N–H and O–H groups in total. The van der Waals surface area contributed by atoms with Gasteiger partial charge in [-0.2, -0.15) is 0 Å². The largest absolute Gasteiger partial charge is 0.311 e. The van der Waals surface area contributed by atoms with Crippen LogP contribution in [0.4, 0.5) is 68.2 Å². The third-order valence-electron chi connectivity index (χ3n) is 15.0. The lowest BCUT2D eigenvalue weighted by atomic mass is 9.33. The molecule has 1 unspecified atom stereocenters. The lowest BCUT2D eigenvalue weighted by Crippen LogP contribution is -2.59. The van der Waals surface area contributed by atoms with E-state index in [0.29, 0.717) is 17.8 Å². The van der Waals surface area contributed by atoms with E-state index in [1.165, 1.54) is 44.5 Å². The van der Waals surface area contributed by atoms with Gasteiger partial charge in [0.05, 0.1) is 17.1 Å². The van der Waals surface area contributed by atoms with Crippen LogP contribution >= 0.6 is 0 Å². The van der Waals surface area contributed by atoms with Crippen LogP contribution in [0.15, 0.2) is 255 Å². The predicted molar refractivity (Wildman–Crippen MR) is 323 cm³/mol. The fourth-order valence-corrected chi connectivity index (χ4v) is 11.2. The van der Waals surface area contributed by atoms with Gasteiger partial charge in [0.2, 0.25) is 6.71 Å². The first-order chi connectivity index (χ1) is 36.8. The van der Waals surface area contributed by atoms with Gasteiger partial charge >= 0.3 is 0 Å². The van der Waals surface area contributed by atoms with Gasteiger partial charge in [-0.1, -0.05) is 193 Å². The van der Waals surface area contributed by atoms with Crippen molar-refractivity contribution in [2.24, 2.45) is 0 Å². The molecule has 0 saturated carbocycles. The summed E-state index contributed by atoms with van der Waals surface area (Å²) in [6, 6.07) is 93.3. The van der Waals surface area contributed by atoms with E-state index < -0.39 is 0 Å². The third-order valence-corrected chi connectivity index (χ3v) is 15.0. The smallest absolute Gasteiger partial charge is 0.247 e. The number of benzene rings is 10. The lowest BCUT2D eigenvalue weighted by molar-refractivity contribution is 0.728. The molecule has 1 aliphatic rings. The maximum absolute atomic E-state index is 2.55. The van der Waals surface area contributed by atoms with Gasteiger partial charge in [-0.25, -0.2) is 0 Å². The monoisotopic (exact) mass is 973 g/mol. The number of nitrogens with zero attached hydrogens (tertiary/aromatic N) is 4. The molecule has 75 heavy (non-hydrogen) atoms. The summed E-state index contributed by atoms with van der Waals surface area (Å²) in [7, 11) is 0. The highest BCUT2D eigenvalue weighted by molar-refractivity contribution is 6.98. The summed E-state index contributed by atoms with van der Waals surface area (Å²) >= 11 is 0. The van der Waals surface area contributed by atoms with Crippen LogP contribution < -0.4 is 36.0 Å². The van der Waals surface area contributed by atoms with Crippen LogP contribution in [0.3, 0.4) is 0 Å². The van der Waals surface area contributed by atoms with Crippen LogP contribution in [0, 0.1) is 0 Å². The first-order valence-electron chi connectivity index (χ1n) is 26.8. The zero-order valence-corrected chi connectivity index (χ0v) is 44.1. The predicted octanol–water partition coefficient (Wildman–Crippen LogP) is 18.2. The Labute approximate surface area is 445 Å². The minimum absolute atomic E-state index is 0.00327. The Hall–Kier alpha value is -8.54. The molecule has 0 aromatic heterocycles. The van der Waals surface area contributed by atoms with Gasteiger partial charge in [0.25, 0.3) is 0 Å². The Bertz CT molecular complexity index is 3330. The second-order valence-electron chi connectivity index (χ2n) is 20.5. The highest BCUT2D eigenvalue weighted by Crippen LogP contribution is 2.47. The van der Waals surface area contributed by atoms with Crippen LogP contribution in [0.2, 0.25) is 0 Å². The summed E-state index contributed by atoms with van der Waals surface area (Å²) in [5, 5.41) is 0. The van der Waals surface area contributed by atoms with Crippen LogP contribution in [0.5, 0.6) is 0 Å². The van der Waals surface area contributed by atoms with Gasteiger partial charge in [-0.15, -0.1) is 0 Å². The topological polar surface area (TPSA) is 13.0 Å². The number of hydrogen-bond acceptors (Lipinski definition) is 4. The number of hydrogen-bond donors (Lipinski definition) is 0. The van der Waals surface area contributed by atoms with E-state index in [9.17, 15) is 0 Å². The summed E-state index contributed by atoms with van der Waals surface area (Å²) < 4.78 is 0. The second kappa shape index (κ2) is 21.5. The molecule has 1 heterocycles. The summed E-state index contributed by atoms with van der Waals surface area (Å²) in [5.74, 6) is 1.13. The highest BCUT2D eigenvalue weighted by Gasteiger charge is 2.39. The first-order valence-corrected chi connectivity index (χ1v) is 26.8. The van der Waals surface area contributed by atoms with Crippen molar-refractivity contribution in [2.45, 2.75) is 65.7 Å². The maximum atomic E-state index is 2.55. The number of rotatable bonds is 15. The van der Waals surface area contributed by atoms with Crippen LogP contribution in [-0.4, -0.2) is 6.71 Å². The molecular weight excluding hydrogens is 908 g/mol. The minimum Gasteiger partial charge on any atom is -0.311 e. The van der Waals surface area contributed by atoms with Crippen molar-refractivity contribution in [1.29, 1.82) is 0 Å². The zero-order chi connectivity index (χ0) is 51.4. The maximum Gasteiger partial charge on any atom is 0.247 e. The molecule has 0 radical (unpaired) electrons. The number of anilines is 12. The van der Waals surface area contributed by atoms with Crippen molar-refractivity contribution in [3.63, 3.8) is 0 Å². The number of fused-ring (bicyclic) bond motifs is 2. The van der Waals surface area contributed by atoms with E-state index in [-0.39, 0.29) is 6.71 Å². The minimum atomic E-state index is 0.00327. The Morgan fingerprint density at radius 3 is 1.16 bits per heavy atom. The van der Waals surface area contributed by atoms with E-state index in [0.717, 1.165) is 63.3 Å². The Balaban J connectivity index is 1.21. The molecule has 0 spiro atoms. The van der Waals surface area contributed by atoms with E-state index in [1.54, 1.807) is 0 Å². The number of para-hydroxylation sites is 7. The molecule has 0 aliphatic carbocycles. The van der Waals surface area contributed by atoms with Gasteiger partial charge < -0.3 is 19.6 Å². The fraction of sp³-hybridized carbons (Fsp3) is 0.143. The molecule has 368 valence electrons. The van der Waals surface area contributed by atoms with Gasteiger partial charge in [0.1, 0.15) is 0 Å². The third kappa shape index (κ3) is 9.63. The van der Waals surface area contributed by atoms with Crippen molar-refractivity contribution < 1.29 is 0 Å². The van der Waals surface area contributed by atoms with Crippen molar-refractivity contribution in [3.8, 4) is 0 Å². The molecule has 0 bridgehead atoms. The molecule has 1 atom stereocenters. The Morgan fingerprint density at radius 2 is 0.733 bits per heavy atom. The average Bonchev–Trinajstić information content (AvgIpc) is 3.47. The van der Waals surface area contributed by atoms with Gasteiger partial charge in [0.15, 0.2) is 0 Å². The molecule has 0 fully saturated rings. The molecule has 10 aromatic carbocycles. The quantitative estimate of drug-likeness (QED) is 0.0949. The van der Waals surface area contributed by atoms with Crippen molar-refractivity contribution in [2.75, 3.05) is 19.6 Å². The highest BCUT2D eigenvalue weighted by atomic mass is 15.2. The molecule has 1 aliphatic heterocycles. The SMILES string of the molecule is CCC(C)c1cc(C(C)C)cc(C(C)C)c1B1c2ccccc2N(c2ccccc2)c2cc(N(c3ccccc3)c3cc(N(c4ccccc4)c4ccccc4)cc(N(c4ccccc4)c4ccccc4)c3)ccc21. The summed E-state index contributed by atoms with van der Waals surface area (Å²) in [5.41, 5.74) is 21.4. The summed E-state index contributed by atoms with van der Waals surface area (Å²) in [4.78, 5) is 9.72. The van der Waals surface area contributed by atoms with Gasteiger partial charge in [0, 0.05) is 51.2 Å². The molecule has 10 aromatic rings. The molecule has 0 saturated heterocycles. The zero-order valence-electron chi connectivity index (χ0n) is 44.1. The van der Waals surface area contributed by atoms with E-state index in [4.69, 9.17) is 0 Å². The fourth-order valence-electron chi connectivity index (χ4n) is 11.2.